The summed E-state index contributed by atoms with van der Waals surface area (Å²) < 4.78 is 0. The highest BCUT2D eigenvalue weighted by atomic mass is 16.4. The molecule has 7 heteroatoms. The van der Waals surface area contributed by atoms with Crippen molar-refractivity contribution in [2.75, 3.05) is 31.9 Å². The number of amides is 2. The van der Waals surface area contributed by atoms with Crippen molar-refractivity contribution in [1.82, 2.24) is 15.1 Å². The molecule has 2 aliphatic heterocycles. The van der Waals surface area contributed by atoms with Crippen LogP contribution in [0.4, 0.5) is 10.5 Å². The minimum Gasteiger partial charge on any atom is -0.478 e. The van der Waals surface area contributed by atoms with Crippen molar-refractivity contribution >= 4 is 17.7 Å². The second-order valence-electron chi connectivity index (χ2n) is 5.45. The monoisotopic (exact) mass is 290 g/mol. The molecular weight excluding hydrogens is 272 g/mol. The van der Waals surface area contributed by atoms with Gasteiger partial charge in [0.15, 0.2) is 0 Å². The second-order valence-corrected chi connectivity index (χ2v) is 5.45. The normalized spacial score (nSPS) is 22.0. The smallest absolute Gasteiger partial charge is 0.338 e. The van der Waals surface area contributed by atoms with Gasteiger partial charge in [0.25, 0.3) is 0 Å². The Bertz CT molecular complexity index is 590. The van der Waals surface area contributed by atoms with E-state index < -0.39 is 5.97 Å². The summed E-state index contributed by atoms with van der Waals surface area (Å²) in [5.74, 6) is -1.00. The molecule has 2 amide bonds. The molecule has 4 N–H and O–H groups in total. The zero-order chi connectivity index (χ0) is 15.0. The molecule has 2 heterocycles. The molecule has 0 saturated carbocycles. The van der Waals surface area contributed by atoms with E-state index in [1.165, 1.54) is 0 Å². The number of carbonyl (C=O) groups is 2. The first-order chi connectivity index (χ1) is 10.1. The molecule has 1 atom stereocenters. The van der Waals surface area contributed by atoms with Crippen LogP contribution in [-0.4, -0.2) is 59.1 Å². The van der Waals surface area contributed by atoms with Crippen LogP contribution in [-0.2, 0) is 6.54 Å². The quantitative estimate of drug-likeness (QED) is 0.690. The number of hydrogen-bond acceptors (Lipinski definition) is 4. The number of nitrogens with one attached hydrogen (secondary N) is 1. The third-order valence-corrected chi connectivity index (χ3v) is 4.11. The number of nitrogens with zero attached hydrogens (tertiary/aromatic N) is 2. The zero-order valence-electron chi connectivity index (χ0n) is 11.6. The van der Waals surface area contributed by atoms with Crippen LogP contribution in [0.2, 0.25) is 0 Å². The zero-order valence-corrected chi connectivity index (χ0v) is 11.6. The van der Waals surface area contributed by atoms with E-state index in [9.17, 15) is 14.7 Å². The number of carboxylic acid groups (broad SMARTS) is 1. The van der Waals surface area contributed by atoms with Gasteiger partial charge in [0, 0.05) is 38.4 Å². The third kappa shape index (κ3) is 2.52. The van der Waals surface area contributed by atoms with E-state index in [0.29, 0.717) is 25.2 Å². The van der Waals surface area contributed by atoms with Gasteiger partial charge in [-0.15, -0.1) is 0 Å². The Hall–Kier alpha value is -2.28. The van der Waals surface area contributed by atoms with Crippen molar-refractivity contribution in [2.24, 2.45) is 0 Å². The first kappa shape index (κ1) is 13.7. The predicted octanol–water partition coefficient (Wildman–Crippen LogP) is 0.176. The fourth-order valence-corrected chi connectivity index (χ4v) is 3.07. The molecule has 7 nitrogen and oxygen atoms in total. The van der Waals surface area contributed by atoms with Crippen LogP contribution < -0.4 is 11.1 Å². The molecule has 3 rings (SSSR count). The molecule has 0 aromatic heterocycles. The number of carbonyl (C=O) groups excluding carboxylic acids is 1. The van der Waals surface area contributed by atoms with E-state index in [2.05, 4.69) is 10.2 Å². The molecule has 2 saturated heterocycles. The van der Waals surface area contributed by atoms with Crippen LogP contribution in [0.25, 0.3) is 0 Å². The van der Waals surface area contributed by atoms with Crippen LogP contribution in [0.15, 0.2) is 18.2 Å². The van der Waals surface area contributed by atoms with Crippen molar-refractivity contribution in [3.05, 3.63) is 29.3 Å². The van der Waals surface area contributed by atoms with Gasteiger partial charge >= 0.3 is 12.0 Å². The van der Waals surface area contributed by atoms with Gasteiger partial charge in [0.1, 0.15) is 0 Å². The van der Waals surface area contributed by atoms with Gasteiger partial charge in [-0.3, -0.25) is 4.90 Å². The van der Waals surface area contributed by atoms with E-state index in [1.807, 2.05) is 4.90 Å². The number of nitrogens with two attached hydrogens (primary N) is 1. The Morgan fingerprint density at radius 1 is 1.43 bits per heavy atom. The van der Waals surface area contributed by atoms with Crippen molar-refractivity contribution < 1.29 is 14.7 Å². The Morgan fingerprint density at radius 2 is 2.24 bits per heavy atom. The summed E-state index contributed by atoms with van der Waals surface area (Å²) in [7, 11) is 0. The number of aromatic carboxylic acids is 1. The van der Waals surface area contributed by atoms with Crippen LogP contribution in [0.1, 0.15) is 15.9 Å². The fourth-order valence-electron chi connectivity index (χ4n) is 3.07. The maximum absolute atomic E-state index is 11.6. The predicted molar refractivity (Wildman–Crippen MR) is 77.0 cm³/mol. The maximum Gasteiger partial charge on any atom is 0.338 e. The molecule has 21 heavy (non-hydrogen) atoms. The highest BCUT2D eigenvalue weighted by Gasteiger charge is 2.35. The topological polar surface area (TPSA) is 98.9 Å². The lowest BCUT2D eigenvalue weighted by molar-refractivity contribution is 0.0694. The highest BCUT2D eigenvalue weighted by Crippen LogP contribution is 2.21. The van der Waals surface area contributed by atoms with E-state index in [1.54, 1.807) is 18.2 Å². The molecular formula is C14H18N4O3. The number of nitrogen functional groups attached to an aromatic ring is 1. The number of urea groups is 1. The van der Waals surface area contributed by atoms with E-state index in [0.717, 1.165) is 13.1 Å². The number of benzene rings is 1. The minimum atomic E-state index is -1.00. The fraction of sp³-hybridized carbons (Fsp3) is 0.429. The van der Waals surface area contributed by atoms with Crippen molar-refractivity contribution in [2.45, 2.75) is 12.6 Å². The molecule has 1 aromatic carbocycles. The van der Waals surface area contributed by atoms with Gasteiger partial charge < -0.3 is 21.1 Å². The summed E-state index contributed by atoms with van der Waals surface area (Å²) in [6.45, 7) is 3.33. The number of anilines is 1. The van der Waals surface area contributed by atoms with Gasteiger partial charge in [0.05, 0.1) is 11.6 Å². The number of carboxylic acids is 1. The highest BCUT2D eigenvalue weighted by molar-refractivity contribution is 5.95. The van der Waals surface area contributed by atoms with Gasteiger partial charge in [-0.1, -0.05) is 12.1 Å². The van der Waals surface area contributed by atoms with E-state index in [-0.39, 0.29) is 23.3 Å². The first-order valence-electron chi connectivity index (χ1n) is 6.93. The van der Waals surface area contributed by atoms with Crippen molar-refractivity contribution in [1.29, 1.82) is 0 Å². The van der Waals surface area contributed by atoms with E-state index >= 15 is 0 Å². The third-order valence-electron chi connectivity index (χ3n) is 4.11. The van der Waals surface area contributed by atoms with Crippen molar-refractivity contribution in [3.8, 4) is 0 Å². The van der Waals surface area contributed by atoms with Gasteiger partial charge in [0.2, 0.25) is 0 Å². The van der Waals surface area contributed by atoms with Crippen LogP contribution in [0.3, 0.4) is 0 Å². The number of fused-ring (bicyclic) bond motifs is 1. The number of piperazine rings is 1. The lowest BCUT2D eigenvalue weighted by Crippen LogP contribution is -2.51. The maximum atomic E-state index is 11.6. The summed E-state index contributed by atoms with van der Waals surface area (Å²) in [6.07, 6.45) is 0. The lowest BCUT2D eigenvalue weighted by atomic mass is 10.0. The van der Waals surface area contributed by atoms with Gasteiger partial charge in [-0.2, -0.15) is 0 Å². The minimum absolute atomic E-state index is 0.00479. The van der Waals surface area contributed by atoms with Gasteiger partial charge in [-0.25, -0.2) is 9.59 Å². The Morgan fingerprint density at radius 3 is 3.00 bits per heavy atom. The van der Waals surface area contributed by atoms with Crippen molar-refractivity contribution in [3.63, 3.8) is 0 Å². The average molecular weight is 290 g/mol. The van der Waals surface area contributed by atoms with Crippen LogP contribution in [0.5, 0.6) is 0 Å². The van der Waals surface area contributed by atoms with Gasteiger partial charge in [-0.05, 0) is 11.6 Å². The number of rotatable bonds is 3. The number of hydrogen-bond donors (Lipinski definition) is 3. The SMILES string of the molecule is Nc1cccc(CN2CCN3C(=O)NCC3C2)c1C(=O)O. The largest absolute Gasteiger partial charge is 0.478 e. The Kier molecular flexibility index (Phi) is 3.42. The Balaban J connectivity index is 1.75. The molecule has 0 radical (unpaired) electrons. The molecule has 2 aliphatic rings. The van der Waals surface area contributed by atoms with E-state index in [4.69, 9.17) is 5.73 Å². The summed E-state index contributed by atoms with van der Waals surface area (Å²) in [4.78, 5) is 26.9. The standard InChI is InChI=1S/C14H18N4O3/c15-11-3-1-2-9(12(11)13(19)20)7-17-4-5-18-10(8-17)6-16-14(18)21/h1-3,10H,4-8,15H2,(H,16,21)(H,19,20). The molecule has 0 bridgehead atoms. The summed E-state index contributed by atoms with van der Waals surface area (Å²) in [6, 6.07) is 5.33. The summed E-state index contributed by atoms with van der Waals surface area (Å²) in [5.41, 5.74) is 6.95. The molecule has 112 valence electrons. The molecule has 1 aromatic rings. The first-order valence-corrected chi connectivity index (χ1v) is 6.93. The summed E-state index contributed by atoms with van der Waals surface area (Å²) >= 11 is 0. The molecule has 0 spiro atoms. The van der Waals surface area contributed by atoms with Crippen LogP contribution >= 0.6 is 0 Å². The Labute approximate surface area is 122 Å². The second kappa shape index (κ2) is 5.25. The molecule has 0 aliphatic carbocycles. The molecule has 2 fully saturated rings. The molecule has 1 unspecified atom stereocenters. The average Bonchev–Trinajstić information content (AvgIpc) is 2.79. The summed E-state index contributed by atoms with van der Waals surface area (Å²) in [5, 5.41) is 12.1. The van der Waals surface area contributed by atoms with Crippen LogP contribution in [0, 0.1) is 0 Å². The lowest BCUT2D eigenvalue weighted by Gasteiger charge is -2.36.